The molecule has 0 aliphatic rings. The fourth-order valence-electron chi connectivity index (χ4n) is 2.63. The lowest BCUT2D eigenvalue weighted by Gasteiger charge is -2.09. The summed E-state index contributed by atoms with van der Waals surface area (Å²) in [4.78, 5) is 13.5. The molecule has 0 fully saturated rings. The van der Waals surface area contributed by atoms with Crippen molar-refractivity contribution in [3.8, 4) is 0 Å². The number of para-hydroxylation sites is 2. The second kappa shape index (κ2) is 11.0. The Morgan fingerprint density at radius 3 is 2.60 bits per heavy atom. The highest BCUT2D eigenvalue weighted by Crippen LogP contribution is 2.25. The topological polar surface area (TPSA) is 60.0 Å². The largest absolute Gasteiger partial charge is 0.411 e. The minimum Gasteiger partial charge on any atom is -0.378 e. The van der Waals surface area contributed by atoms with E-state index in [1.54, 1.807) is 23.5 Å². The van der Waals surface area contributed by atoms with E-state index in [0.717, 1.165) is 32.5 Å². The van der Waals surface area contributed by atoms with Gasteiger partial charge >= 0.3 is 6.18 Å². The van der Waals surface area contributed by atoms with E-state index in [9.17, 15) is 13.2 Å². The van der Waals surface area contributed by atoms with Crippen molar-refractivity contribution in [1.29, 1.82) is 0 Å². The number of fused-ring (bicyclic) bond motifs is 1. The van der Waals surface area contributed by atoms with Gasteiger partial charge in [-0.1, -0.05) is 23.9 Å². The predicted molar refractivity (Wildman–Crippen MR) is 113 cm³/mol. The van der Waals surface area contributed by atoms with Crippen LogP contribution in [0.1, 0.15) is 11.4 Å². The monoisotopic (exact) mass is 457 g/mol. The maximum atomic E-state index is 12.0. The van der Waals surface area contributed by atoms with Crippen LogP contribution in [0.2, 0.25) is 0 Å². The van der Waals surface area contributed by atoms with E-state index in [0.29, 0.717) is 18.1 Å². The summed E-state index contributed by atoms with van der Waals surface area (Å²) < 4.78 is 45.7. The molecular weight excluding hydrogens is 435 g/mol. The van der Waals surface area contributed by atoms with Gasteiger partial charge in [-0.05, 0) is 31.2 Å². The molecule has 0 amide bonds. The summed E-state index contributed by atoms with van der Waals surface area (Å²) in [5.41, 5.74) is 3.85. The zero-order valence-corrected chi connectivity index (χ0v) is 18.0. The number of rotatable bonds is 11. The summed E-state index contributed by atoms with van der Waals surface area (Å²) in [5.74, 6) is 1.39. The molecule has 0 radical (unpaired) electrons. The van der Waals surface area contributed by atoms with Gasteiger partial charge in [-0.25, -0.2) is 4.98 Å². The fraction of sp³-hybridized carbons (Fsp3) is 0.400. The fourth-order valence-corrected chi connectivity index (χ4v) is 4.31. The van der Waals surface area contributed by atoms with Crippen LogP contribution >= 0.6 is 23.5 Å². The first-order valence-corrected chi connectivity index (χ1v) is 11.3. The Kier molecular flexibility index (Phi) is 8.43. The van der Waals surface area contributed by atoms with Crippen molar-refractivity contribution >= 4 is 34.6 Å². The summed E-state index contributed by atoms with van der Waals surface area (Å²) >= 11 is 3.22. The third kappa shape index (κ3) is 7.82. The molecule has 0 saturated carbocycles. The molecule has 0 spiro atoms. The number of nitrogens with zero attached hydrogens (tertiary/aromatic N) is 2. The average molecular weight is 458 g/mol. The van der Waals surface area contributed by atoms with Crippen LogP contribution in [0.5, 0.6) is 0 Å². The van der Waals surface area contributed by atoms with Crippen molar-refractivity contribution in [2.45, 2.75) is 28.9 Å². The Balaban J connectivity index is 1.40. The molecule has 162 valence electrons. The number of nitrogens with one attached hydrogen (secondary N) is 1. The molecule has 0 atom stereocenters. The summed E-state index contributed by atoms with van der Waals surface area (Å²) in [6, 6.07) is 11.9. The van der Waals surface area contributed by atoms with Crippen molar-refractivity contribution in [3.05, 3.63) is 47.8 Å². The first-order chi connectivity index (χ1) is 14.4. The second-order valence-electron chi connectivity index (χ2n) is 6.41. The van der Waals surface area contributed by atoms with Crippen LogP contribution in [0.3, 0.4) is 0 Å². The lowest BCUT2D eigenvalue weighted by atomic mass is 10.3. The van der Waals surface area contributed by atoms with Gasteiger partial charge in [0, 0.05) is 22.1 Å². The molecule has 0 saturated heterocycles. The van der Waals surface area contributed by atoms with Crippen molar-refractivity contribution in [1.82, 2.24) is 15.0 Å². The van der Waals surface area contributed by atoms with Crippen LogP contribution in [0.15, 0.2) is 46.5 Å². The van der Waals surface area contributed by atoms with Gasteiger partial charge in [0.05, 0.1) is 36.5 Å². The zero-order valence-electron chi connectivity index (χ0n) is 16.4. The number of aryl methyl sites for hydroxylation is 1. The smallest absolute Gasteiger partial charge is 0.378 e. The summed E-state index contributed by atoms with van der Waals surface area (Å²) in [5, 5.41) is 0.856. The molecule has 1 aromatic carbocycles. The number of alkyl halides is 3. The number of benzene rings is 1. The molecule has 5 nitrogen and oxygen atoms in total. The summed E-state index contributed by atoms with van der Waals surface area (Å²) in [7, 11) is 0. The second-order valence-corrected chi connectivity index (χ2v) is 8.54. The number of ether oxygens (including phenoxy) is 2. The zero-order chi connectivity index (χ0) is 21.4. The lowest BCUT2D eigenvalue weighted by Crippen LogP contribution is -2.19. The van der Waals surface area contributed by atoms with Crippen molar-refractivity contribution in [3.63, 3.8) is 0 Å². The highest BCUT2D eigenvalue weighted by atomic mass is 32.2. The Morgan fingerprint density at radius 1 is 1.00 bits per heavy atom. The lowest BCUT2D eigenvalue weighted by molar-refractivity contribution is -0.176. The summed E-state index contributed by atoms with van der Waals surface area (Å²) in [6.45, 7) is 1.22. The van der Waals surface area contributed by atoms with Crippen LogP contribution in [0.25, 0.3) is 11.0 Å². The van der Waals surface area contributed by atoms with Gasteiger partial charge in [-0.2, -0.15) is 13.2 Å². The quantitative estimate of drug-likeness (QED) is 0.314. The maximum Gasteiger partial charge on any atom is 0.411 e. The van der Waals surface area contributed by atoms with E-state index in [1.807, 2.05) is 43.3 Å². The molecule has 0 aliphatic heterocycles. The number of H-pyrrole nitrogens is 1. The molecule has 3 aromatic rings. The molecule has 2 heterocycles. The van der Waals surface area contributed by atoms with Crippen LogP contribution in [-0.4, -0.2) is 53.3 Å². The van der Waals surface area contributed by atoms with Crippen LogP contribution in [-0.2, 0) is 15.2 Å². The van der Waals surface area contributed by atoms with E-state index >= 15 is 0 Å². The molecular formula is C20H22F3N3O2S2. The van der Waals surface area contributed by atoms with E-state index in [-0.39, 0.29) is 13.2 Å². The first-order valence-electron chi connectivity index (χ1n) is 9.29. The molecule has 10 heteroatoms. The standard InChI is InChI=1S/C20H22F3N3O2S2/c1-14-10-16(29-9-8-27-6-7-28-13-20(21,22)23)11-15(24-14)12-30-19-25-17-4-2-3-5-18(17)26-19/h2-5,10-11H,6-9,12-13H2,1H3,(H,25,26). The Morgan fingerprint density at radius 2 is 1.80 bits per heavy atom. The number of aromatic amines is 1. The van der Waals surface area contributed by atoms with Crippen molar-refractivity contribution in [2.24, 2.45) is 0 Å². The maximum absolute atomic E-state index is 12.0. The Bertz CT molecular complexity index is 917. The molecule has 0 bridgehead atoms. The number of imidazole rings is 1. The third-order valence-electron chi connectivity index (χ3n) is 3.84. The SMILES string of the molecule is Cc1cc(SCCOCCOCC(F)(F)F)cc(CSc2nc3ccccc3[nH]2)n1. The molecule has 0 unspecified atom stereocenters. The van der Waals surface area contributed by atoms with Gasteiger partial charge in [0.2, 0.25) is 0 Å². The van der Waals surface area contributed by atoms with Gasteiger partial charge in [-0.15, -0.1) is 11.8 Å². The van der Waals surface area contributed by atoms with Crippen LogP contribution in [0.4, 0.5) is 13.2 Å². The third-order valence-corrected chi connectivity index (χ3v) is 5.69. The number of pyridine rings is 1. The van der Waals surface area contributed by atoms with E-state index in [2.05, 4.69) is 19.7 Å². The number of halogens is 3. The first kappa shape index (κ1) is 22.9. The van der Waals surface area contributed by atoms with Crippen LogP contribution in [0, 0.1) is 6.92 Å². The molecule has 2 aromatic heterocycles. The normalized spacial score (nSPS) is 12.0. The highest BCUT2D eigenvalue weighted by molar-refractivity contribution is 7.99. The van der Waals surface area contributed by atoms with Crippen molar-refractivity contribution in [2.75, 3.05) is 32.2 Å². The molecule has 0 aliphatic carbocycles. The molecule has 3 rings (SSSR count). The Hall–Kier alpha value is -1.75. The minimum atomic E-state index is -4.30. The van der Waals surface area contributed by atoms with E-state index < -0.39 is 12.8 Å². The van der Waals surface area contributed by atoms with E-state index in [4.69, 9.17) is 4.74 Å². The average Bonchev–Trinajstić information content (AvgIpc) is 3.10. The van der Waals surface area contributed by atoms with Gasteiger partial charge < -0.3 is 14.5 Å². The van der Waals surface area contributed by atoms with Gasteiger partial charge in [0.15, 0.2) is 5.16 Å². The van der Waals surface area contributed by atoms with Gasteiger partial charge in [0.25, 0.3) is 0 Å². The predicted octanol–water partition coefficient (Wildman–Crippen LogP) is 5.25. The number of aromatic nitrogens is 3. The van der Waals surface area contributed by atoms with Crippen LogP contribution < -0.4 is 0 Å². The number of hydrogen-bond acceptors (Lipinski definition) is 6. The number of hydrogen-bond donors (Lipinski definition) is 1. The molecule has 1 N–H and O–H groups in total. The molecule has 30 heavy (non-hydrogen) atoms. The van der Waals surface area contributed by atoms with Gasteiger partial charge in [-0.3, -0.25) is 4.98 Å². The number of thioether (sulfide) groups is 2. The minimum absolute atomic E-state index is 0.0678. The Labute approximate surface area is 181 Å². The summed E-state index contributed by atoms with van der Waals surface area (Å²) in [6.07, 6.45) is -4.30. The van der Waals surface area contributed by atoms with Gasteiger partial charge in [0.1, 0.15) is 6.61 Å². The van der Waals surface area contributed by atoms with Crippen molar-refractivity contribution < 1.29 is 22.6 Å². The van der Waals surface area contributed by atoms with E-state index in [1.165, 1.54) is 0 Å². The highest BCUT2D eigenvalue weighted by Gasteiger charge is 2.27.